The SMILES string of the molecule is CC(C)c1c(C(=O)CCc2ccc(F)c(F)c2)c2ccc(OC(=O)N(C)C)cc2n1Cc1ccccc1. The van der Waals surface area contributed by atoms with Crippen molar-refractivity contribution in [3.8, 4) is 5.75 Å². The number of nitrogens with zero attached hydrogens (tertiary/aromatic N) is 2. The minimum Gasteiger partial charge on any atom is -0.410 e. The summed E-state index contributed by atoms with van der Waals surface area (Å²) in [5.41, 5.74) is 3.90. The molecule has 0 atom stereocenters. The number of carbonyl (C=O) groups is 2. The summed E-state index contributed by atoms with van der Waals surface area (Å²) in [6.07, 6.45) is -0.0585. The first-order valence-electron chi connectivity index (χ1n) is 12.2. The number of fused-ring (bicyclic) bond motifs is 1. The zero-order valence-electron chi connectivity index (χ0n) is 21.4. The molecule has 0 N–H and O–H groups in total. The van der Waals surface area contributed by atoms with Gasteiger partial charge in [0, 0.05) is 49.8 Å². The molecule has 4 rings (SSSR count). The highest BCUT2D eigenvalue weighted by atomic mass is 19.2. The molecule has 5 nitrogen and oxygen atoms in total. The number of hydrogen-bond acceptors (Lipinski definition) is 3. The summed E-state index contributed by atoms with van der Waals surface area (Å²) >= 11 is 0. The predicted octanol–water partition coefficient (Wildman–Crippen LogP) is 6.97. The van der Waals surface area contributed by atoms with Crippen LogP contribution in [0.25, 0.3) is 10.9 Å². The fourth-order valence-electron chi connectivity index (χ4n) is 4.51. The molecular formula is C30H30F2N2O3. The van der Waals surface area contributed by atoms with Gasteiger partial charge >= 0.3 is 6.09 Å². The summed E-state index contributed by atoms with van der Waals surface area (Å²) in [6, 6.07) is 18.9. The van der Waals surface area contributed by atoms with Gasteiger partial charge in [-0.3, -0.25) is 4.79 Å². The van der Waals surface area contributed by atoms with Gasteiger partial charge in [-0.05, 0) is 47.7 Å². The lowest BCUT2D eigenvalue weighted by molar-refractivity contribution is 0.0982. The zero-order valence-corrected chi connectivity index (χ0v) is 21.4. The summed E-state index contributed by atoms with van der Waals surface area (Å²) in [7, 11) is 3.22. The largest absolute Gasteiger partial charge is 0.414 e. The Morgan fingerprint density at radius 3 is 2.30 bits per heavy atom. The molecule has 0 fully saturated rings. The number of aryl methyl sites for hydroxylation is 1. The lowest BCUT2D eigenvalue weighted by Gasteiger charge is -2.16. The normalized spacial score (nSPS) is 11.2. The third-order valence-corrected chi connectivity index (χ3v) is 6.28. The number of carbonyl (C=O) groups excluding carboxylic acids is 2. The Morgan fingerprint density at radius 1 is 0.919 bits per heavy atom. The molecule has 1 amide bonds. The van der Waals surface area contributed by atoms with Crippen LogP contribution in [-0.4, -0.2) is 35.4 Å². The van der Waals surface area contributed by atoms with Crippen molar-refractivity contribution < 1.29 is 23.1 Å². The lowest BCUT2D eigenvalue weighted by Crippen LogP contribution is -2.25. The molecule has 3 aromatic carbocycles. The molecule has 0 aliphatic carbocycles. The second-order valence-electron chi connectivity index (χ2n) is 9.60. The molecular weight excluding hydrogens is 474 g/mol. The summed E-state index contributed by atoms with van der Waals surface area (Å²) in [4.78, 5) is 27.2. The summed E-state index contributed by atoms with van der Waals surface area (Å²) in [6.45, 7) is 4.61. The van der Waals surface area contributed by atoms with Gasteiger partial charge in [0.25, 0.3) is 0 Å². The van der Waals surface area contributed by atoms with Crippen LogP contribution in [0.3, 0.4) is 0 Å². The van der Waals surface area contributed by atoms with Crippen LogP contribution < -0.4 is 4.74 Å². The van der Waals surface area contributed by atoms with E-state index in [1.165, 1.54) is 11.0 Å². The van der Waals surface area contributed by atoms with Gasteiger partial charge in [-0.25, -0.2) is 13.6 Å². The lowest BCUT2D eigenvalue weighted by atomic mass is 9.96. The van der Waals surface area contributed by atoms with Crippen molar-refractivity contribution in [2.75, 3.05) is 14.1 Å². The van der Waals surface area contributed by atoms with Gasteiger partial charge in [0.15, 0.2) is 17.4 Å². The van der Waals surface area contributed by atoms with Crippen molar-refractivity contribution in [1.82, 2.24) is 9.47 Å². The molecule has 4 aromatic rings. The van der Waals surface area contributed by atoms with Gasteiger partial charge in [0.1, 0.15) is 5.75 Å². The van der Waals surface area contributed by atoms with Crippen LogP contribution >= 0.6 is 0 Å². The Balaban J connectivity index is 1.79. The van der Waals surface area contributed by atoms with E-state index in [4.69, 9.17) is 4.74 Å². The number of hydrogen-bond donors (Lipinski definition) is 0. The first kappa shape index (κ1) is 26.1. The van der Waals surface area contributed by atoms with Gasteiger partial charge in [-0.15, -0.1) is 0 Å². The van der Waals surface area contributed by atoms with E-state index in [-0.39, 0.29) is 24.5 Å². The van der Waals surface area contributed by atoms with Crippen LogP contribution in [0.2, 0.25) is 0 Å². The van der Waals surface area contributed by atoms with Crippen molar-refractivity contribution in [3.63, 3.8) is 0 Å². The molecule has 0 radical (unpaired) electrons. The van der Waals surface area contributed by atoms with Gasteiger partial charge in [0.05, 0.1) is 5.52 Å². The van der Waals surface area contributed by atoms with Crippen LogP contribution in [0.5, 0.6) is 5.75 Å². The molecule has 0 saturated carbocycles. The molecule has 1 aromatic heterocycles. The van der Waals surface area contributed by atoms with Crippen molar-refractivity contribution in [2.45, 2.75) is 39.2 Å². The van der Waals surface area contributed by atoms with Gasteiger partial charge in [0.2, 0.25) is 0 Å². The minimum atomic E-state index is -0.924. The third-order valence-electron chi connectivity index (χ3n) is 6.28. The number of aromatic nitrogens is 1. The summed E-state index contributed by atoms with van der Waals surface area (Å²) in [5, 5.41) is 0.763. The Labute approximate surface area is 215 Å². The fraction of sp³-hybridized carbons (Fsp3) is 0.267. The smallest absolute Gasteiger partial charge is 0.410 e. The highest BCUT2D eigenvalue weighted by Crippen LogP contribution is 2.35. The summed E-state index contributed by atoms with van der Waals surface area (Å²) < 4.78 is 34.6. The molecule has 0 spiro atoms. The standard InChI is InChI=1S/C30H30F2N2O3/c1-19(2)29-28(27(35)15-11-20-10-14-24(31)25(32)16-20)23-13-12-22(37-30(36)33(3)4)17-26(23)34(29)18-21-8-6-5-7-9-21/h5-10,12-14,16-17,19H,11,15,18H2,1-4H3. The van der Waals surface area contributed by atoms with Crippen LogP contribution in [0.4, 0.5) is 13.6 Å². The third kappa shape index (κ3) is 5.71. The Bertz CT molecular complexity index is 1440. The molecule has 192 valence electrons. The van der Waals surface area contributed by atoms with Gasteiger partial charge in [-0.1, -0.05) is 50.2 Å². The van der Waals surface area contributed by atoms with E-state index in [0.29, 0.717) is 23.4 Å². The number of benzene rings is 3. The molecule has 0 bridgehead atoms. The Hall–Kier alpha value is -4.00. The van der Waals surface area contributed by atoms with Gasteiger partial charge in [-0.2, -0.15) is 0 Å². The minimum absolute atomic E-state index is 0.0195. The second-order valence-corrected chi connectivity index (χ2v) is 9.60. The molecule has 1 heterocycles. The molecule has 0 saturated heterocycles. The predicted molar refractivity (Wildman–Crippen MR) is 140 cm³/mol. The maximum Gasteiger partial charge on any atom is 0.414 e. The van der Waals surface area contributed by atoms with E-state index in [9.17, 15) is 18.4 Å². The Kier molecular flexibility index (Phi) is 7.71. The van der Waals surface area contributed by atoms with Crippen LogP contribution in [-0.2, 0) is 13.0 Å². The van der Waals surface area contributed by atoms with Crippen LogP contribution in [0.1, 0.15) is 53.4 Å². The van der Waals surface area contributed by atoms with E-state index in [1.807, 2.05) is 50.2 Å². The van der Waals surface area contributed by atoms with E-state index < -0.39 is 17.7 Å². The average molecular weight is 505 g/mol. The van der Waals surface area contributed by atoms with Crippen molar-refractivity contribution >= 4 is 22.8 Å². The number of halogens is 2. The fourth-order valence-corrected chi connectivity index (χ4v) is 4.51. The van der Waals surface area contributed by atoms with Crippen LogP contribution in [0, 0.1) is 11.6 Å². The Morgan fingerprint density at radius 2 is 1.65 bits per heavy atom. The van der Waals surface area contributed by atoms with E-state index >= 15 is 0 Å². The number of Topliss-reactive ketones (excluding diaryl/α,β-unsaturated/α-hetero) is 1. The quantitative estimate of drug-likeness (QED) is 0.244. The van der Waals surface area contributed by atoms with Gasteiger partial charge < -0.3 is 14.2 Å². The first-order chi connectivity index (χ1) is 17.7. The number of amides is 1. The second kappa shape index (κ2) is 10.9. The van der Waals surface area contributed by atoms with Crippen molar-refractivity contribution in [2.24, 2.45) is 0 Å². The monoisotopic (exact) mass is 504 g/mol. The van der Waals surface area contributed by atoms with E-state index in [0.717, 1.165) is 34.3 Å². The zero-order chi connectivity index (χ0) is 26.7. The van der Waals surface area contributed by atoms with E-state index in [1.54, 1.807) is 26.2 Å². The topological polar surface area (TPSA) is 51.5 Å². The molecule has 37 heavy (non-hydrogen) atoms. The average Bonchev–Trinajstić information content (AvgIpc) is 3.18. The summed E-state index contributed by atoms with van der Waals surface area (Å²) in [5.74, 6) is -1.51. The number of rotatable bonds is 8. The van der Waals surface area contributed by atoms with Crippen molar-refractivity contribution in [3.05, 3.63) is 101 Å². The van der Waals surface area contributed by atoms with Crippen molar-refractivity contribution in [1.29, 1.82) is 0 Å². The first-order valence-corrected chi connectivity index (χ1v) is 12.2. The molecule has 0 aliphatic rings. The highest BCUT2D eigenvalue weighted by Gasteiger charge is 2.25. The maximum absolute atomic E-state index is 13.7. The van der Waals surface area contributed by atoms with Crippen LogP contribution in [0.15, 0.2) is 66.7 Å². The number of ether oxygens (including phenoxy) is 1. The molecule has 0 unspecified atom stereocenters. The molecule has 7 heteroatoms. The maximum atomic E-state index is 13.7. The number of ketones is 1. The molecule has 0 aliphatic heterocycles. The van der Waals surface area contributed by atoms with E-state index in [2.05, 4.69) is 4.57 Å². The highest BCUT2D eigenvalue weighted by molar-refractivity contribution is 6.10.